The van der Waals surface area contributed by atoms with E-state index in [4.69, 9.17) is 0 Å². The number of nitrogens with one attached hydrogen (secondary N) is 1. The molecule has 1 aliphatic rings. The Balaban J connectivity index is 2.01. The van der Waals surface area contributed by atoms with E-state index in [0.717, 1.165) is 0 Å². The highest BCUT2D eigenvalue weighted by atomic mass is 15.1. The van der Waals surface area contributed by atoms with Crippen LogP contribution < -0.4 is 5.32 Å². The monoisotopic (exact) mass is 260 g/mol. The van der Waals surface area contributed by atoms with Crippen LogP contribution in [0.4, 0.5) is 5.69 Å². The lowest BCUT2D eigenvalue weighted by molar-refractivity contribution is 0.300. The molecule has 0 spiro atoms. The van der Waals surface area contributed by atoms with Crippen LogP contribution in [0.5, 0.6) is 0 Å². The van der Waals surface area contributed by atoms with Crippen molar-refractivity contribution in [1.82, 2.24) is 4.90 Å². The van der Waals surface area contributed by atoms with Crippen molar-refractivity contribution < 1.29 is 0 Å². The SMILES string of the molecule is CCN1CCCC(Nc2ccccc2C(C)C)CC1. The lowest BCUT2D eigenvalue weighted by atomic mass is 10.00. The van der Waals surface area contributed by atoms with E-state index in [1.54, 1.807) is 0 Å². The van der Waals surface area contributed by atoms with E-state index in [1.807, 2.05) is 0 Å². The van der Waals surface area contributed by atoms with E-state index < -0.39 is 0 Å². The first-order valence-corrected chi connectivity index (χ1v) is 7.78. The molecule has 1 aromatic carbocycles. The minimum Gasteiger partial charge on any atom is -0.382 e. The Bertz CT molecular complexity index is 387. The fourth-order valence-corrected chi connectivity index (χ4v) is 2.97. The summed E-state index contributed by atoms with van der Waals surface area (Å²) in [6.45, 7) is 10.5. The van der Waals surface area contributed by atoms with E-state index in [9.17, 15) is 0 Å². The molecule has 1 heterocycles. The highest BCUT2D eigenvalue weighted by Crippen LogP contribution is 2.26. The Kier molecular flexibility index (Phi) is 5.26. The summed E-state index contributed by atoms with van der Waals surface area (Å²) in [5, 5.41) is 3.79. The number of hydrogen-bond acceptors (Lipinski definition) is 2. The van der Waals surface area contributed by atoms with Gasteiger partial charge in [-0.25, -0.2) is 0 Å². The first-order chi connectivity index (χ1) is 9.20. The van der Waals surface area contributed by atoms with Gasteiger partial charge in [0.25, 0.3) is 0 Å². The first kappa shape index (κ1) is 14.4. The Labute approximate surface area is 118 Å². The predicted octanol–water partition coefficient (Wildman–Crippen LogP) is 4.10. The Morgan fingerprint density at radius 2 is 2.00 bits per heavy atom. The second-order valence-electron chi connectivity index (χ2n) is 5.95. The van der Waals surface area contributed by atoms with E-state index in [-0.39, 0.29) is 0 Å². The molecule has 1 aliphatic heterocycles. The van der Waals surface area contributed by atoms with Crippen LogP contribution in [-0.2, 0) is 0 Å². The summed E-state index contributed by atoms with van der Waals surface area (Å²) >= 11 is 0. The van der Waals surface area contributed by atoms with Crippen LogP contribution in [0.25, 0.3) is 0 Å². The third-order valence-electron chi connectivity index (χ3n) is 4.21. The summed E-state index contributed by atoms with van der Waals surface area (Å²) in [5.41, 5.74) is 2.78. The fourth-order valence-electron chi connectivity index (χ4n) is 2.97. The number of likely N-dealkylation sites (tertiary alicyclic amines) is 1. The summed E-state index contributed by atoms with van der Waals surface area (Å²) in [6, 6.07) is 9.41. The van der Waals surface area contributed by atoms with Crippen LogP contribution in [0.2, 0.25) is 0 Å². The third-order valence-corrected chi connectivity index (χ3v) is 4.21. The van der Waals surface area contributed by atoms with Crippen molar-refractivity contribution in [2.45, 2.75) is 52.0 Å². The zero-order valence-corrected chi connectivity index (χ0v) is 12.7. The molecule has 1 unspecified atom stereocenters. The molecular weight excluding hydrogens is 232 g/mol. The molecule has 1 N–H and O–H groups in total. The summed E-state index contributed by atoms with van der Waals surface area (Å²) in [4.78, 5) is 2.57. The highest BCUT2D eigenvalue weighted by Gasteiger charge is 2.17. The highest BCUT2D eigenvalue weighted by molar-refractivity contribution is 5.53. The minimum atomic E-state index is 0.585. The molecule has 2 rings (SSSR count). The minimum absolute atomic E-state index is 0.585. The molecule has 0 saturated carbocycles. The number of benzene rings is 1. The predicted molar refractivity (Wildman–Crippen MR) is 83.9 cm³/mol. The standard InChI is InChI=1S/C17H28N2/c1-4-19-12-7-8-15(11-13-19)18-17-10-6-5-9-16(17)14(2)3/h5-6,9-10,14-15,18H,4,7-8,11-13H2,1-3H3. The second-order valence-corrected chi connectivity index (χ2v) is 5.95. The maximum atomic E-state index is 3.79. The molecular formula is C17H28N2. The van der Waals surface area contributed by atoms with Gasteiger partial charge in [0.15, 0.2) is 0 Å². The Hall–Kier alpha value is -1.02. The molecule has 19 heavy (non-hydrogen) atoms. The van der Waals surface area contributed by atoms with Gasteiger partial charge in [-0.05, 0) is 49.9 Å². The number of para-hydroxylation sites is 1. The second kappa shape index (κ2) is 6.95. The molecule has 106 valence electrons. The van der Waals surface area contributed by atoms with Crippen molar-refractivity contribution in [3.63, 3.8) is 0 Å². The van der Waals surface area contributed by atoms with Gasteiger partial charge < -0.3 is 10.2 Å². The molecule has 0 aliphatic carbocycles. The van der Waals surface area contributed by atoms with Crippen LogP contribution in [0.3, 0.4) is 0 Å². The van der Waals surface area contributed by atoms with E-state index in [2.05, 4.69) is 55.3 Å². The lowest BCUT2D eigenvalue weighted by Crippen LogP contribution is -2.26. The molecule has 0 aromatic heterocycles. The molecule has 1 aromatic rings. The molecule has 1 atom stereocenters. The van der Waals surface area contributed by atoms with Gasteiger partial charge in [0.1, 0.15) is 0 Å². The van der Waals surface area contributed by atoms with Crippen molar-refractivity contribution >= 4 is 5.69 Å². The van der Waals surface area contributed by atoms with Gasteiger partial charge in [0.05, 0.1) is 0 Å². The molecule has 0 bridgehead atoms. The largest absolute Gasteiger partial charge is 0.382 e. The van der Waals surface area contributed by atoms with E-state index in [0.29, 0.717) is 12.0 Å². The van der Waals surface area contributed by atoms with Crippen molar-refractivity contribution in [3.05, 3.63) is 29.8 Å². The van der Waals surface area contributed by atoms with Crippen molar-refractivity contribution in [2.24, 2.45) is 0 Å². The van der Waals surface area contributed by atoms with Crippen molar-refractivity contribution in [3.8, 4) is 0 Å². The molecule has 2 heteroatoms. The molecule has 0 amide bonds. The normalized spacial score (nSPS) is 21.4. The zero-order chi connectivity index (χ0) is 13.7. The first-order valence-electron chi connectivity index (χ1n) is 7.78. The summed E-state index contributed by atoms with van der Waals surface area (Å²) < 4.78 is 0. The van der Waals surface area contributed by atoms with Crippen LogP contribution in [0, 0.1) is 0 Å². The van der Waals surface area contributed by atoms with Crippen LogP contribution in [-0.4, -0.2) is 30.6 Å². The van der Waals surface area contributed by atoms with Crippen molar-refractivity contribution in [2.75, 3.05) is 25.0 Å². The van der Waals surface area contributed by atoms with Crippen LogP contribution in [0.15, 0.2) is 24.3 Å². The molecule has 2 nitrogen and oxygen atoms in total. The summed E-state index contributed by atoms with van der Waals surface area (Å²) in [7, 11) is 0. The number of nitrogens with zero attached hydrogens (tertiary/aromatic N) is 1. The topological polar surface area (TPSA) is 15.3 Å². The Morgan fingerprint density at radius 3 is 2.74 bits per heavy atom. The smallest absolute Gasteiger partial charge is 0.0377 e. The lowest BCUT2D eigenvalue weighted by Gasteiger charge is -2.22. The van der Waals surface area contributed by atoms with Gasteiger partial charge in [-0.3, -0.25) is 0 Å². The van der Waals surface area contributed by atoms with Gasteiger partial charge in [-0.2, -0.15) is 0 Å². The fraction of sp³-hybridized carbons (Fsp3) is 0.647. The number of rotatable bonds is 4. The van der Waals surface area contributed by atoms with Gasteiger partial charge in [-0.15, -0.1) is 0 Å². The van der Waals surface area contributed by atoms with E-state index in [1.165, 1.54) is 50.1 Å². The maximum Gasteiger partial charge on any atom is 0.0377 e. The van der Waals surface area contributed by atoms with Crippen molar-refractivity contribution in [1.29, 1.82) is 0 Å². The van der Waals surface area contributed by atoms with Gasteiger partial charge >= 0.3 is 0 Å². The number of anilines is 1. The third kappa shape index (κ3) is 3.97. The number of hydrogen-bond donors (Lipinski definition) is 1. The molecule has 1 saturated heterocycles. The van der Waals surface area contributed by atoms with Crippen LogP contribution >= 0.6 is 0 Å². The Morgan fingerprint density at radius 1 is 1.21 bits per heavy atom. The maximum absolute atomic E-state index is 3.79. The average Bonchev–Trinajstić information content (AvgIpc) is 2.64. The molecule has 1 fully saturated rings. The quantitative estimate of drug-likeness (QED) is 0.877. The average molecular weight is 260 g/mol. The summed E-state index contributed by atoms with van der Waals surface area (Å²) in [5.74, 6) is 0.585. The van der Waals surface area contributed by atoms with Gasteiger partial charge in [0, 0.05) is 18.3 Å². The van der Waals surface area contributed by atoms with Gasteiger partial charge in [0.2, 0.25) is 0 Å². The summed E-state index contributed by atoms with van der Waals surface area (Å²) in [6.07, 6.45) is 3.87. The zero-order valence-electron chi connectivity index (χ0n) is 12.7. The molecule has 0 radical (unpaired) electrons. The van der Waals surface area contributed by atoms with Gasteiger partial charge in [-0.1, -0.05) is 39.0 Å². The van der Waals surface area contributed by atoms with E-state index >= 15 is 0 Å². The van der Waals surface area contributed by atoms with Crippen LogP contribution in [0.1, 0.15) is 51.5 Å².